The van der Waals surface area contributed by atoms with Crippen LogP contribution in [0.3, 0.4) is 0 Å². The van der Waals surface area contributed by atoms with Crippen molar-refractivity contribution in [2.24, 2.45) is 0 Å². The molecule has 90 valence electrons. The van der Waals surface area contributed by atoms with Crippen LogP contribution in [0.4, 0.5) is 0 Å². The first-order chi connectivity index (χ1) is 7.40. The molecule has 2 atom stereocenters. The van der Waals surface area contributed by atoms with Crippen LogP contribution < -0.4 is 0 Å². The lowest BCUT2D eigenvalue weighted by molar-refractivity contribution is 0.594. The first-order valence-electron chi connectivity index (χ1n) is 5.36. The van der Waals surface area contributed by atoms with Crippen LogP contribution in [0.5, 0.6) is 0 Å². The van der Waals surface area contributed by atoms with Gasteiger partial charge in [-0.05, 0) is 17.5 Å². The Balaban J connectivity index is 3.32. The van der Waals surface area contributed by atoms with Gasteiger partial charge in [0.25, 0.3) is 0 Å². The molecule has 1 aromatic carbocycles. The summed E-state index contributed by atoms with van der Waals surface area (Å²) < 4.78 is 23.9. The molecule has 0 aliphatic carbocycles. The quantitative estimate of drug-likeness (QED) is 0.799. The fourth-order valence-electron chi connectivity index (χ4n) is 1.54. The van der Waals surface area contributed by atoms with E-state index in [-0.39, 0.29) is 16.5 Å². The molecule has 4 heteroatoms. The summed E-state index contributed by atoms with van der Waals surface area (Å²) in [4.78, 5) is 0.719. The summed E-state index contributed by atoms with van der Waals surface area (Å²) in [6, 6.07) is 7.25. The van der Waals surface area contributed by atoms with E-state index < -0.39 is 9.84 Å². The maximum Gasteiger partial charge on any atom is 0.178 e. The highest BCUT2D eigenvalue weighted by molar-refractivity contribution is 9.09. The number of rotatable bonds is 4. The van der Waals surface area contributed by atoms with Crippen molar-refractivity contribution in [2.45, 2.75) is 36.4 Å². The number of alkyl halides is 1. The van der Waals surface area contributed by atoms with E-state index >= 15 is 0 Å². The smallest absolute Gasteiger partial charge is 0.178 e. The third-order valence-corrected chi connectivity index (χ3v) is 5.41. The monoisotopic (exact) mass is 304 g/mol. The molecule has 0 N–H and O–H groups in total. The highest BCUT2D eigenvalue weighted by Crippen LogP contribution is 2.29. The first kappa shape index (κ1) is 13.7. The highest BCUT2D eigenvalue weighted by Gasteiger charge is 2.21. The van der Waals surface area contributed by atoms with Gasteiger partial charge < -0.3 is 0 Å². The Hall–Kier alpha value is -0.350. The molecule has 0 radical (unpaired) electrons. The lowest BCUT2D eigenvalue weighted by atomic mass is 9.99. The molecular formula is C12H17BrO2S. The van der Waals surface area contributed by atoms with Gasteiger partial charge in [0.15, 0.2) is 9.84 Å². The molecule has 0 saturated carbocycles. The predicted molar refractivity (Wildman–Crippen MR) is 71.0 cm³/mol. The molecule has 0 aliphatic heterocycles. The summed E-state index contributed by atoms with van der Waals surface area (Å²) in [7, 11) is -3.13. The van der Waals surface area contributed by atoms with Crippen molar-refractivity contribution in [2.75, 3.05) is 5.75 Å². The summed E-state index contributed by atoms with van der Waals surface area (Å²) in [5.41, 5.74) is 0.897. The van der Waals surface area contributed by atoms with Crippen molar-refractivity contribution >= 4 is 25.8 Å². The summed E-state index contributed by atoms with van der Waals surface area (Å²) in [5, 5.41) is 0. The molecule has 0 spiro atoms. The van der Waals surface area contributed by atoms with Crippen LogP contribution >= 0.6 is 15.9 Å². The zero-order valence-electron chi connectivity index (χ0n) is 9.77. The zero-order chi connectivity index (χ0) is 12.3. The van der Waals surface area contributed by atoms with Gasteiger partial charge in [-0.15, -0.1) is 0 Å². The number of sulfone groups is 1. The van der Waals surface area contributed by atoms with Crippen molar-refractivity contribution in [3.63, 3.8) is 0 Å². The van der Waals surface area contributed by atoms with Gasteiger partial charge >= 0.3 is 0 Å². The third-order valence-electron chi connectivity index (χ3n) is 2.81. The maximum absolute atomic E-state index is 11.9. The molecule has 16 heavy (non-hydrogen) atoms. The molecule has 0 fully saturated rings. The van der Waals surface area contributed by atoms with Crippen LogP contribution in [0.15, 0.2) is 29.2 Å². The molecule has 0 amide bonds. The topological polar surface area (TPSA) is 34.1 Å². The van der Waals surface area contributed by atoms with Gasteiger partial charge in [0.05, 0.1) is 10.6 Å². The van der Waals surface area contributed by atoms with Gasteiger partial charge in [-0.3, -0.25) is 0 Å². The fraction of sp³-hybridized carbons (Fsp3) is 0.500. The molecular weight excluding hydrogens is 288 g/mol. The molecule has 0 aliphatic rings. The van der Waals surface area contributed by atoms with E-state index in [2.05, 4.69) is 15.9 Å². The lowest BCUT2D eigenvalue weighted by Gasteiger charge is -2.18. The number of hydrogen-bond acceptors (Lipinski definition) is 2. The van der Waals surface area contributed by atoms with Crippen LogP contribution in [-0.4, -0.2) is 19.0 Å². The molecule has 2 unspecified atom stereocenters. The predicted octanol–water partition coefficient (Wildman–Crippen LogP) is 3.37. The number of halogens is 1. The van der Waals surface area contributed by atoms with Crippen molar-refractivity contribution in [1.82, 2.24) is 0 Å². The second-order valence-electron chi connectivity index (χ2n) is 3.91. The maximum atomic E-state index is 11.9. The van der Waals surface area contributed by atoms with Gasteiger partial charge in [-0.2, -0.15) is 0 Å². The minimum atomic E-state index is -3.13. The normalized spacial score (nSPS) is 15.8. The Kier molecular flexibility index (Phi) is 4.56. The molecule has 1 rings (SSSR count). The molecule has 1 aromatic rings. The Morgan fingerprint density at radius 3 is 2.31 bits per heavy atom. The number of benzene rings is 1. The van der Waals surface area contributed by atoms with Crippen LogP contribution in [0.1, 0.15) is 32.3 Å². The molecule has 0 heterocycles. The van der Waals surface area contributed by atoms with Gasteiger partial charge in [0.1, 0.15) is 0 Å². The summed E-state index contributed by atoms with van der Waals surface area (Å²) >= 11 is 3.50. The fourth-order valence-corrected chi connectivity index (χ4v) is 3.04. The van der Waals surface area contributed by atoms with Gasteiger partial charge in [0, 0.05) is 4.83 Å². The van der Waals surface area contributed by atoms with Gasteiger partial charge in [-0.25, -0.2) is 8.42 Å². The first-order valence-corrected chi connectivity index (χ1v) is 7.92. The third kappa shape index (κ3) is 2.86. The summed E-state index contributed by atoms with van der Waals surface area (Å²) in [6.45, 7) is 5.73. The van der Waals surface area contributed by atoms with Crippen LogP contribution in [0, 0.1) is 0 Å². The Morgan fingerprint density at radius 2 is 1.81 bits per heavy atom. The summed E-state index contributed by atoms with van der Waals surface area (Å²) in [5.74, 6) is 0.324. The molecule has 0 bridgehead atoms. The average Bonchev–Trinajstić information content (AvgIpc) is 2.28. The minimum Gasteiger partial charge on any atom is -0.224 e. The van der Waals surface area contributed by atoms with E-state index in [4.69, 9.17) is 0 Å². The van der Waals surface area contributed by atoms with E-state index in [1.165, 1.54) is 0 Å². The van der Waals surface area contributed by atoms with Gasteiger partial charge in [0.2, 0.25) is 0 Å². The molecule has 2 nitrogen and oxygen atoms in total. The van der Waals surface area contributed by atoms with Crippen molar-refractivity contribution in [3.8, 4) is 0 Å². The van der Waals surface area contributed by atoms with Crippen LogP contribution in [-0.2, 0) is 9.84 Å². The number of hydrogen-bond donors (Lipinski definition) is 0. The minimum absolute atomic E-state index is 0.146. The summed E-state index contributed by atoms with van der Waals surface area (Å²) in [6.07, 6.45) is 0. The Morgan fingerprint density at radius 1 is 1.25 bits per heavy atom. The van der Waals surface area contributed by atoms with Crippen molar-refractivity contribution in [1.29, 1.82) is 0 Å². The van der Waals surface area contributed by atoms with E-state index in [0.29, 0.717) is 4.90 Å². The lowest BCUT2D eigenvalue weighted by Crippen LogP contribution is -2.12. The van der Waals surface area contributed by atoms with E-state index in [1.807, 2.05) is 26.0 Å². The SMILES string of the molecule is CCS(=O)(=O)c1ccccc1C(C)C(C)Br. The Bertz CT molecular complexity index is 452. The largest absolute Gasteiger partial charge is 0.224 e. The van der Waals surface area contributed by atoms with E-state index in [1.54, 1.807) is 19.1 Å². The van der Waals surface area contributed by atoms with Crippen LogP contribution in [0.25, 0.3) is 0 Å². The van der Waals surface area contributed by atoms with Gasteiger partial charge in [-0.1, -0.05) is 54.9 Å². The standard InChI is InChI=1S/C12H17BrO2S/c1-4-16(14,15)12-8-6-5-7-11(12)9(2)10(3)13/h5-10H,4H2,1-3H3. The van der Waals surface area contributed by atoms with Crippen molar-refractivity contribution in [3.05, 3.63) is 29.8 Å². The van der Waals surface area contributed by atoms with Crippen molar-refractivity contribution < 1.29 is 8.42 Å². The second-order valence-corrected chi connectivity index (χ2v) is 7.60. The molecule has 0 saturated heterocycles. The van der Waals surface area contributed by atoms with E-state index in [9.17, 15) is 8.42 Å². The highest BCUT2D eigenvalue weighted by atomic mass is 79.9. The van der Waals surface area contributed by atoms with Crippen LogP contribution in [0.2, 0.25) is 0 Å². The average molecular weight is 305 g/mol. The van der Waals surface area contributed by atoms with E-state index in [0.717, 1.165) is 5.56 Å². The molecule has 0 aromatic heterocycles. The zero-order valence-corrected chi connectivity index (χ0v) is 12.2. The second kappa shape index (κ2) is 5.32. The Labute approximate surface area is 106 Å².